The van der Waals surface area contributed by atoms with Crippen molar-refractivity contribution in [2.45, 2.75) is 37.0 Å². The van der Waals surface area contributed by atoms with Gasteiger partial charge in [-0.3, -0.25) is 0 Å². The van der Waals surface area contributed by atoms with Crippen molar-refractivity contribution in [3.05, 3.63) is 35.1 Å². The molecule has 1 spiro atoms. The fourth-order valence-corrected chi connectivity index (χ4v) is 3.12. The molecule has 0 aromatic heterocycles. The molecule has 2 heteroatoms. The van der Waals surface area contributed by atoms with Crippen LogP contribution in [0.5, 0.6) is 0 Å². The van der Waals surface area contributed by atoms with Crippen molar-refractivity contribution < 1.29 is 4.39 Å². The maximum Gasteiger partial charge on any atom is 0.123 e. The molecule has 1 nitrogen and oxygen atoms in total. The van der Waals surface area contributed by atoms with Gasteiger partial charge in [0.1, 0.15) is 5.82 Å². The SMILES string of the molecule is NCCC1CC2(CC2)c2cc(F)ccc21. The van der Waals surface area contributed by atoms with Crippen molar-refractivity contribution >= 4 is 0 Å². The van der Waals surface area contributed by atoms with Crippen LogP contribution in [0.4, 0.5) is 4.39 Å². The summed E-state index contributed by atoms with van der Waals surface area (Å²) in [4.78, 5) is 0. The molecule has 0 radical (unpaired) electrons. The molecule has 0 saturated heterocycles. The quantitative estimate of drug-likeness (QED) is 0.789. The third kappa shape index (κ3) is 1.31. The topological polar surface area (TPSA) is 26.0 Å². The standard InChI is InChI=1S/C13H16FN/c14-10-1-2-11-9(3-6-15)8-13(4-5-13)12(11)7-10/h1-2,7,9H,3-6,8,15H2. The van der Waals surface area contributed by atoms with E-state index in [4.69, 9.17) is 5.73 Å². The Labute approximate surface area is 89.5 Å². The molecule has 0 aliphatic heterocycles. The van der Waals surface area contributed by atoms with Gasteiger partial charge < -0.3 is 5.73 Å². The van der Waals surface area contributed by atoms with Crippen molar-refractivity contribution in [1.29, 1.82) is 0 Å². The van der Waals surface area contributed by atoms with Gasteiger partial charge in [0, 0.05) is 0 Å². The molecule has 2 aliphatic carbocycles. The first-order chi connectivity index (χ1) is 7.25. The summed E-state index contributed by atoms with van der Waals surface area (Å²) in [5.41, 5.74) is 8.61. The molecule has 2 aliphatic rings. The van der Waals surface area contributed by atoms with Crippen LogP contribution < -0.4 is 5.73 Å². The zero-order valence-electron chi connectivity index (χ0n) is 8.80. The van der Waals surface area contributed by atoms with Gasteiger partial charge in [-0.05, 0) is 66.8 Å². The Kier molecular flexibility index (Phi) is 1.90. The Hall–Kier alpha value is -0.890. The maximum absolute atomic E-state index is 13.2. The minimum atomic E-state index is -0.0894. The van der Waals surface area contributed by atoms with Gasteiger partial charge in [0.25, 0.3) is 0 Å². The molecule has 1 aromatic carbocycles. The second-order valence-electron chi connectivity index (χ2n) is 4.99. The lowest BCUT2D eigenvalue weighted by molar-refractivity contribution is 0.553. The molecule has 1 aromatic rings. The Morgan fingerprint density at radius 2 is 2.20 bits per heavy atom. The van der Waals surface area contributed by atoms with Gasteiger partial charge in [-0.15, -0.1) is 0 Å². The third-order valence-corrected chi connectivity index (χ3v) is 4.03. The molecule has 1 unspecified atom stereocenters. The molecule has 2 N–H and O–H groups in total. The summed E-state index contributed by atoms with van der Waals surface area (Å²) in [7, 11) is 0. The summed E-state index contributed by atoms with van der Waals surface area (Å²) in [5, 5.41) is 0. The van der Waals surface area contributed by atoms with E-state index in [0.29, 0.717) is 11.3 Å². The smallest absolute Gasteiger partial charge is 0.123 e. The Morgan fingerprint density at radius 1 is 1.40 bits per heavy atom. The van der Waals surface area contributed by atoms with E-state index in [2.05, 4.69) is 0 Å². The van der Waals surface area contributed by atoms with E-state index in [1.807, 2.05) is 6.07 Å². The summed E-state index contributed by atoms with van der Waals surface area (Å²) in [5.74, 6) is 0.488. The summed E-state index contributed by atoms with van der Waals surface area (Å²) in [6, 6.07) is 5.31. The Balaban J connectivity index is 2.04. The van der Waals surface area contributed by atoms with E-state index < -0.39 is 0 Å². The number of hydrogen-bond donors (Lipinski definition) is 1. The van der Waals surface area contributed by atoms with Crippen LogP contribution in [0.2, 0.25) is 0 Å². The van der Waals surface area contributed by atoms with Crippen molar-refractivity contribution in [2.24, 2.45) is 5.73 Å². The van der Waals surface area contributed by atoms with Crippen LogP contribution in [-0.4, -0.2) is 6.54 Å². The first kappa shape index (κ1) is 9.34. The van der Waals surface area contributed by atoms with Crippen LogP contribution in [0, 0.1) is 5.82 Å². The van der Waals surface area contributed by atoms with Crippen LogP contribution in [0.1, 0.15) is 42.7 Å². The van der Waals surface area contributed by atoms with Gasteiger partial charge in [-0.2, -0.15) is 0 Å². The van der Waals surface area contributed by atoms with Gasteiger partial charge in [0.15, 0.2) is 0 Å². The number of nitrogens with two attached hydrogens (primary N) is 1. The fraction of sp³-hybridized carbons (Fsp3) is 0.538. The lowest BCUT2D eigenvalue weighted by Gasteiger charge is -2.09. The number of benzene rings is 1. The molecule has 80 valence electrons. The summed E-state index contributed by atoms with van der Waals surface area (Å²) in [6.07, 6.45) is 4.72. The van der Waals surface area contributed by atoms with Gasteiger partial charge >= 0.3 is 0 Å². The normalized spacial score (nSPS) is 25.6. The molecule has 1 atom stereocenters. The first-order valence-electron chi connectivity index (χ1n) is 5.75. The van der Waals surface area contributed by atoms with Crippen molar-refractivity contribution in [3.63, 3.8) is 0 Å². The molecule has 1 saturated carbocycles. The van der Waals surface area contributed by atoms with Crippen LogP contribution in [0.3, 0.4) is 0 Å². The van der Waals surface area contributed by atoms with E-state index in [9.17, 15) is 4.39 Å². The average molecular weight is 205 g/mol. The molecule has 15 heavy (non-hydrogen) atoms. The highest BCUT2D eigenvalue weighted by atomic mass is 19.1. The second kappa shape index (κ2) is 3.05. The predicted molar refractivity (Wildman–Crippen MR) is 58.3 cm³/mol. The third-order valence-electron chi connectivity index (χ3n) is 4.03. The first-order valence-corrected chi connectivity index (χ1v) is 5.75. The maximum atomic E-state index is 13.2. The largest absolute Gasteiger partial charge is 0.330 e. The highest BCUT2D eigenvalue weighted by Crippen LogP contribution is 2.61. The Morgan fingerprint density at radius 3 is 2.87 bits per heavy atom. The molecule has 3 rings (SSSR count). The lowest BCUT2D eigenvalue weighted by atomic mass is 9.97. The summed E-state index contributed by atoms with van der Waals surface area (Å²) < 4.78 is 13.2. The summed E-state index contributed by atoms with van der Waals surface area (Å²) >= 11 is 0. The highest BCUT2D eigenvalue weighted by molar-refractivity contribution is 5.46. The average Bonchev–Trinajstić information content (AvgIpc) is 2.92. The van der Waals surface area contributed by atoms with E-state index in [-0.39, 0.29) is 5.82 Å². The molecule has 0 bridgehead atoms. The monoisotopic (exact) mass is 205 g/mol. The van der Waals surface area contributed by atoms with Crippen LogP contribution in [-0.2, 0) is 5.41 Å². The number of rotatable bonds is 2. The van der Waals surface area contributed by atoms with Gasteiger partial charge in [-0.25, -0.2) is 4.39 Å². The van der Waals surface area contributed by atoms with Crippen molar-refractivity contribution in [3.8, 4) is 0 Å². The zero-order valence-corrected chi connectivity index (χ0v) is 8.80. The number of halogens is 1. The number of fused-ring (bicyclic) bond motifs is 2. The van der Waals surface area contributed by atoms with Crippen LogP contribution >= 0.6 is 0 Å². The van der Waals surface area contributed by atoms with E-state index in [1.54, 1.807) is 12.1 Å². The van der Waals surface area contributed by atoms with E-state index >= 15 is 0 Å². The van der Waals surface area contributed by atoms with E-state index in [1.165, 1.54) is 30.4 Å². The van der Waals surface area contributed by atoms with Crippen molar-refractivity contribution in [2.75, 3.05) is 6.54 Å². The molecular weight excluding hydrogens is 189 g/mol. The summed E-state index contributed by atoms with van der Waals surface area (Å²) in [6.45, 7) is 0.734. The van der Waals surface area contributed by atoms with Crippen LogP contribution in [0.25, 0.3) is 0 Å². The molecule has 1 fully saturated rings. The Bertz CT molecular complexity index is 396. The van der Waals surface area contributed by atoms with Gasteiger partial charge in [0.2, 0.25) is 0 Å². The predicted octanol–water partition coefficient (Wildman–Crippen LogP) is 2.69. The van der Waals surface area contributed by atoms with Crippen LogP contribution in [0.15, 0.2) is 18.2 Å². The van der Waals surface area contributed by atoms with Crippen molar-refractivity contribution in [1.82, 2.24) is 0 Å². The second-order valence-corrected chi connectivity index (χ2v) is 4.99. The minimum absolute atomic E-state index is 0.0894. The van der Waals surface area contributed by atoms with Gasteiger partial charge in [0.05, 0.1) is 0 Å². The molecule has 0 amide bonds. The minimum Gasteiger partial charge on any atom is -0.330 e. The molecular formula is C13H16FN. The fourth-order valence-electron chi connectivity index (χ4n) is 3.12. The van der Waals surface area contributed by atoms with E-state index in [0.717, 1.165) is 13.0 Å². The van der Waals surface area contributed by atoms with Gasteiger partial charge in [-0.1, -0.05) is 6.07 Å². The molecule has 0 heterocycles. The zero-order chi connectivity index (χ0) is 10.5. The number of hydrogen-bond acceptors (Lipinski definition) is 1. The highest BCUT2D eigenvalue weighted by Gasteiger charge is 2.51. The lowest BCUT2D eigenvalue weighted by Crippen LogP contribution is -2.06.